The van der Waals surface area contributed by atoms with Gasteiger partial charge in [-0.1, -0.05) is 6.08 Å². The number of hydrogen-bond acceptors (Lipinski definition) is 2. The number of nitrogens with zero attached hydrogens (tertiary/aromatic N) is 3. The van der Waals surface area contributed by atoms with Gasteiger partial charge in [0.1, 0.15) is 0 Å². The monoisotopic (exact) mass is 197 g/mol. The zero-order valence-corrected chi connectivity index (χ0v) is 10.1. The van der Waals surface area contributed by atoms with Crippen LogP contribution in [0.3, 0.4) is 0 Å². The molecule has 0 radical (unpaired) electrons. The third kappa shape index (κ3) is 6.66. The van der Waals surface area contributed by atoms with Crippen molar-refractivity contribution >= 4 is 6.34 Å². The van der Waals surface area contributed by atoms with Gasteiger partial charge in [-0.15, -0.1) is 0 Å². The summed E-state index contributed by atoms with van der Waals surface area (Å²) in [6.45, 7) is 5.24. The summed E-state index contributed by atoms with van der Waals surface area (Å²) in [5.74, 6) is 0. The first-order chi connectivity index (χ1) is 6.57. The van der Waals surface area contributed by atoms with Crippen LogP contribution in [0.15, 0.2) is 17.3 Å². The maximum atomic E-state index is 4.12. The molecule has 0 saturated heterocycles. The molecule has 3 nitrogen and oxygen atoms in total. The standard InChI is InChI=1S/C11H23N3/c1-6-8-12-10-14(5)9-7-11(2)13(3)4/h6,8,10-11H,7,9H2,1-5H3/b8-6+,12-10?. The van der Waals surface area contributed by atoms with Gasteiger partial charge in [0.05, 0.1) is 6.34 Å². The number of rotatable bonds is 6. The van der Waals surface area contributed by atoms with Gasteiger partial charge in [0.15, 0.2) is 0 Å². The fourth-order valence-electron chi connectivity index (χ4n) is 0.945. The van der Waals surface area contributed by atoms with Gasteiger partial charge in [0, 0.05) is 25.8 Å². The molecule has 0 amide bonds. The molecule has 0 aromatic carbocycles. The average Bonchev–Trinajstić information content (AvgIpc) is 2.14. The molecule has 1 atom stereocenters. The van der Waals surface area contributed by atoms with E-state index in [0.29, 0.717) is 6.04 Å². The molecule has 1 unspecified atom stereocenters. The molecule has 0 aliphatic carbocycles. The highest BCUT2D eigenvalue weighted by Gasteiger charge is 2.04. The van der Waals surface area contributed by atoms with E-state index in [4.69, 9.17) is 0 Å². The van der Waals surface area contributed by atoms with Crippen molar-refractivity contribution in [3.63, 3.8) is 0 Å². The molecule has 0 saturated carbocycles. The molecule has 0 spiro atoms. The van der Waals surface area contributed by atoms with E-state index in [-0.39, 0.29) is 0 Å². The topological polar surface area (TPSA) is 18.8 Å². The minimum absolute atomic E-state index is 0.618. The molecule has 0 aliphatic rings. The Kier molecular flexibility index (Phi) is 7.11. The average molecular weight is 197 g/mol. The second-order valence-corrected chi connectivity index (χ2v) is 3.83. The van der Waals surface area contributed by atoms with E-state index in [1.165, 1.54) is 0 Å². The van der Waals surface area contributed by atoms with Crippen molar-refractivity contribution in [3.8, 4) is 0 Å². The van der Waals surface area contributed by atoms with Gasteiger partial charge in [0.2, 0.25) is 0 Å². The summed E-state index contributed by atoms with van der Waals surface area (Å²) in [6.07, 6.45) is 6.74. The summed E-state index contributed by atoms with van der Waals surface area (Å²) in [6, 6.07) is 0.618. The van der Waals surface area contributed by atoms with Crippen LogP contribution in [0.2, 0.25) is 0 Å². The van der Waals surface area contributed by atoms with E-state index in [1.54, 1.807) is 6.20 Å². The summed E-state index contributed by atoms with van der Waals surface area (Å²) in [4.78, 5) is 8.46. The van der Waals surface area contributed by atoms with Crippen LogP contribution in [0.5, 0.6) is 0 Å². The maximum absolute atomic E-state index is 4.12. The van der Waals surface area contributed by atoms with Crippen LogP contribution >= 0.6 is 0 Å². The molecule has 0 aromatic rings. The van der Waals surface area contributed by atoms with Crippen molar-refractivity contribution in [1.82, 2.24) is 9.80 Å². The Labute approximate surface area is 88.1 Å². The fraction of sp³-hybridized carbons (Fsp3) is 0.727. The third-order valence-corrected chi connectivity index (χ3v) is 2.28. The lowest BCUT2D eigenvalue weighted by molar-refractivity contribution is 0.282. The Morgan fingerprint density at radius 2 is 1.93 bits per heavy atom. The molecule has 82 valence electrons. The van der Waals surface area contributed by atoms with Gasteiger partial charge in [-0.3, -0.25) is 0 Å². The van der Waals surface area contributed by atoms with Crippen LogP contribution in [0.1, 0.15) is 20.3 Å². The maximum Gasteiger partial charge on any atom is 0.0902 e. The first-order valence-electron chi connectivity index (χ1n) is 5.09. The number of aliphatic imine (C=N–C) groups is 1. The molecule has 0 aromatic heterocycles. The van der Waals surface area contributed by atoms with Crippen molar-refractivity contribution in [2.24, 2.45) is 4.99 Å². The normalized spacial score (nSPS) is 14.4. The van der Waals surface area contributed by atoms with Crippen molar-refractivity contribution in [2.45, 2.75) is 26.3 Å². The zero-order valence-electron chi connectivity index (χ0n) is 10.1. The van der Waals surface area contributed by atoms with Crippen LogP contribution in [0.25, 0.3) is 0 Å². The molecule has 0 heterocycles. The predicted molar refractivity (Wildman–Crippen MR) is 63.7 cm³/mol. The van der Waals surface area contributed by atoms with Gasteiger partial charge in [-0.25, -0.2) is 4.99 Å². The Morgan fingerprint density at radius 3 is 2.43 bits per heavy atom. The Bertz CT molecular complexity index is 185. The molecule has 0 N–H and O–H groups in total. The van der Waals surface area contributed by atoms with Crippen molar-refractivity contribution in [2.75, 3.05) is 27.7 Å². The van der Waals surface area contributed by atoms with Gasteiger partial charge >= 0.3 is 0 Å². The Hall–Kier alpha value is -0.830. The number of hydrogen-bond donors (Lipinski definition) is 0. The summed E-state index contributed by atoms with van der Waals surface area (Å²) in [5.41, 5.74) is 0. The first-order valence-corrected chi connectivity index (χ1v) is 5.09. The second kappa shape index (κ2) is 7.56. The SMILES string of the molecule is C/C=C/N=CN(C)CCC(C)N(C)C. The van der Waals surface area contributed by atoms with Gasteiger partial charge in [-0.2, -0.15) is 0 Å². The van der Waals surface area contributed by atoms with Gasteiger partial charge in [-0.05, 0) is 34.4 Å². The predicted octanol–water partition coefficient (Wildman–Crippen LogP) is 1.82. The molecular weight excluding hydrogens is 174 g/mol. The van der Waals surface area contributed by atoms with Crippen LogP contribution in [0.4, 0.5) is 0 Å². The lowest BCUT2D eigenvalue weighted by Gasteiger charge is -2.22. The van der Waals surface area contributed by atoms with Gasteiger partial charge in [0.25, 0.3) is 0 Å². The van der Waals surface area contributed by atoms with E-state index >= 15 is 0 Å². The Balaban J connectivity index is 3.68. The molecule has 0 fully saturated rings. The highest BCUT2D eigenvalue weighted by atomic mass is 15.1. The van der Waals surface area contributed by atoms with Crippen molar-refractivity contribution < 1.29 is 0 Å². The molecule has 14 heavy (non-hydrogen) atoms. The first kappa shape index (κ1) is 13.2. The lowest BCUT2D eigenvalue weighted by Crippen LogP contribution is -2.29. The van der Waals surface area contributed by atoms with E-state index in [9.17, 15) is 0 Å². The second-order valence-electron chi connectivity index (χ2n) is 3.83. The third-order valence-electron chi connectivity index (χ3n) is 2.28. The Morgan fingerprint density at radius 1 is 1.29 bits per heavy atom. The van der Waals surface area contributed by atoms with E-state index < -0.39 is 0 Å². The molecule has 0 rings (SSSR count). The van der Waals surface area contributed by atoms with Crippen molar-refractivity contribution in [1.29, 1.82) is 0 Å². The highest BCUT2D eigenvalue weighted by molar-refractivity contribution is 5.55. The van der Waals surface area contributed by atoms with E-state index in [2.05, 4.69) is 42.9 Å². The largest absolute Gasteiger partial charge is 0.366 e. The lowest BCUT2D eigenvalue weighted by atomic mass is 10.2. The molecular formula is C11H23N3. The summed E-state index contributed by atoms with van der Waals surface area (Å²) in [5, 5.41) is 0. The minimum atomic E-state index is 0.618. The summed E-state index contributed by atoms with van der Waals surface area (Å²) in [7, 11) is 6.27. The minimum Gasteiger partial charge on any atom is -0.366 e. The number of allylic oxidation sites excluding steroid dienone is 1. The molecule has 0 bridgehead atoms. The van der Waals surface area contributed by atoms with Crippen LogP contribution in [-0.2, 0) is 0 Å². The highest BCUT2D eigenvalue weighted by Crippen LogP contribution is 1.98. The van der Waals surface area contributed by atoms with E-state index in [0.717, 1.165) is 13.0 Å². The van der Waals surface area contributed by atoms with Crippen molar-refractivity contribution in [3.05, 3.63) is 12.3 Å². The molecule has 0 aliphatic heterocycles. The fourth-order valence-corrected chi connectivity index (χ4v) is 0.945. The molecule has 3 heteroatoms. The summed E-state index contributed by atoms with van der Waals surface area (Å²) >= 11 is 0. The van der Waals surface area contributed by atoms with Crippen LogP contribution < -0.4 is 0 Å². The van der Waals surface area contributed by atoms with Crippen LogP contribution in [0, 0.1) is 0 Å². The van der Waals surface area contributed by atoms with Gasteiger partial charge < -0.3 is 9.80 Å². The zero-order chi connectivity index (χ0) is 11.0. The quantitative estimate of drug-likeness (QED) is 0.478. The van der Waals surface area contributed by atoms with E-state index in [1.807, 2.05) is 19.3 Å². The van der Waals surface area contributed by atoms with Crippen LogP contribution in [-0.4, -0.2) is 49.9 Å². The smallest absolute Gasteiger partial charge is 0.0902 e. The summed E-state index contributed by atoms with van der Waals surface area (Å²) < 4.78 is 0.